The molecule has 2 heterocycles. The van der Waals surface area contributed by atoms with Crippen LogP contribution in [-0.4, -0.2) is 46.5 Å². The fourth-order valence-corrected chi connectivity index (χ4v) is 2.98. The second-order valence-corrected chi connectivity index (χ2v) is 5.05. The van der Waals surface area contributed by atoms with Crippen LogP contribution in [0.15, 0.2) is 12.3 Å². The maximum absolute atomic E-state index is 4.56. The van der Waals surface area contributed by atoms with Gasteiger partial charge in [0, 0.05) is 30.8 Å². The van der Waals surface area contributed by atoms with Gasteiger partial charge in [-0.3, -0.25) is 4.90 Å². The quantitative estimate of drug-likeness (QED) is 0.867. The Labute approximate surface area is 101 Å². The first-order valence-electron chi connectivity index (χ1n) is 5.66. The van der Waals surface area contributed by atoms with Crippen molar-refractivity contribution in [3.05, 3.63) is 18.1 Å². The Balaban J connectivity index is 2.15. The van der Waals surface area contributed by atoms with Gasteiger partial charge in [0.05, 0.1) is 6.04 Å². The predicted octanol–water partition coefficient (Wildman–Crippen LogP) is 1.63. The van der Waals surface area contributed by atoms with Gasteiger partial charge in [-0.05, 0) is 20.0 Å². The summed E-state index contributed by atoms with van der Waals surface area (Å²) in [5, 5.41) is 3.23. The average Bonchev–Trinajstić information content (AvgIpc) is 2.30. The van der Waals surface area contributed by atoms with Gasteiger partial charge in [0.1, 0.15) is 11.6 Å². The van der Waals surface area contributed by atoms with E-state index in [1.165, 1.54) is 5.75 Å². The van der Waals surface area contributed by atoms with Crippen molar-refractivity contribution in [2.75, 3.05) is 37.0 Å². The van der Waals surface area contributed by atoms with E-state index in [0.717, 1.165) is 30.5 Å². The Morgan fingerprint density at radius 1 is 1.62 bits per heavy atom. The maximum Gasteiger partial charge on any atom is 0.148 e. The molecule has 16 heavy (non-hydrogen) atoms. The molecule has 4 nitrogen and oxygen atoms in total. The smallest absolute Gasteiger partial charge is 0.148 e. The third kappa shape index (κ3) is 2.65. The van der Waals surface area contributed by atoms with E-state index in [4.69, 9.17) is 0 Å². The molecule has 2 rings (SSSR count). The number of hydrogen-bond donors (Lipinski definition) is 1. The third-order valence-corrected chi connectivity index (χ3v) is 3.75. The summed E-state index contributed by atoms with van der Waals surface area (Å²) >= 11 is 1.98. The van der Waals surface area contributed by atoms with Crippen molar-refractivity contribution in [3.8, 4) is 0 Å². The van der Waals surface area contributed by atoms with Gasteiger partial charge >= 0.3 is 0 Å². The summed E-state index contributed by atoms with van der Waals surface area (Å²) in [6.45, 7) is 4.08. The largest absolute Gasteiger partial charge is 0.370 e. The molecule has 1 atom stereocenters. The van der Waals surface area contributed by atoms with Gasteiger partial charge in [-0.2, -0.15) is 11.8 Å². The van der Waals surface area contributed by atoms with Gasteiger partial charge in [0.15, 0.2) is 0 Å². The number of thioether (sulfide) groups is 1. The molecule has 0 amide bonds. The second kappa shape index (κ2) is 5.50. The highest BCUT2D eigenvalue weighted by atomic mass is 32.2. The Hall–Kier alpha value is -0.810. The van der Waals surface area contributed by atoms with E-state index < -0.39 is 0 Å². The molecule has 0 aliphatic carbocycles. The van der Waals surface area contributed by atoms with Gasteiger partial charge in [0.25, 0.3) is 0 Å². The van der Waals surface area contributed by atoms with Crippen molar-refractivity contribution in [3.63, 3.8) is 0 Å². The molecule has 1 aliphatic rings. The molecule has 1 unspecified atom stereocenters. The molecule has 0 bridgehead atoms. The van der Waals surface area contributed by atoms with Crippen molar-refractivity contribution in [2.24, 2.45) is 0 Å². The first kappa shape index (κ1) is 11.7. The summed E-state index contributed by atoms with van der Waals surface area (Å²) in [6.07, 6.45) is 1.84. The van der Waals surface area contributed by atoms with E-state index in [-0.39, 0.29) is 0 Å². The summed E-state index contributed by atoms with van der Waals surface area (Å²) in [5.41, 5.74) is 0. The van der Waals surface area contributed by atoms with E-state index in [0.29, 0.717) is 6.04 Å². The van der Waals surface area contributed by atoms with Gasteiger partial charge < -0.3 is 5.32 Å². The number of rotatable bonds is 3. The molecule has 1 aromatic heterocycles. The number of nitrogens with one attached hydrogen (secondary N) is 1. The minimum absolute atomic E-state index is 0.359. The molecule has 1 N–H and O–H groups in total. The van der Waals surface area contributed by atoms with E-state index in [9.17, 15) is 0 Å². The molecule has 1 aliphatic heterocycles. The number of aromatic nitrogens is 2. The van der Waals surface area contributed by atoms with Crippen LogP contribution in [0.1, 0.15) is 18.8 Å². The number of nitrogens with zero attached hydrogens (tertiary/aromatic N) is 3. The average molecular weight is 238 g/mol. The summed E-state index contributed by atoms with van der Waals surface area (Å²) in [5.74, 6) is 4.16. The van der Waals surface area contributed by atoms with Crippen LogP contribution in [0, 0.1) is 0 Å². The van der Waals surface area contributed by atoms with Gasteiger partial charge in [-0.25, -0.2) is 9.97 Å². The van der Waals surface area contributed by atoms with Gasteiger partial charge in [-0.1, -0.05) is 0 Å². The molecule has 5 heteroatoms. The molecule has 0 spiro atoms. The van der Waals surface area contributed by atoms with Crippen LogP contribution in [0.25, 0.3) is 0 Å². The first-order chi connectivity index (χ1) is 7.81. The molecule has 88 valence electrons. The summed E-state index contributed by atoms with van der Waals surface area (Å²) in [7, 11) is 2.15. The SMILES string of the molecule is CCNc1ccnc(C2CSCCN2C)n1. The predicted molar refractivity (Wildman–Crippen MR) is 68.9 cm³/mol. The minimum atomic E-state index is 0.359. The maximum atomic E-state index is 4.56. The van der Waals surface area contributed by atoms with Crippen molar-refractivity contribution in [1.82, 2.24) is 14.9 Å². The molecule has 1 aromatic rings. The standard InChI is InChI=1S/C11H18N4S/c1-3-12-10-4-5-13-11(14-10)9-8-16-7-6-15(9)2/h4-5,9H,3,6-8H2,1-2H3,(H,12,13,14). The van der Waals surface area contributed by atoms with Crippen molar-refractivity contribution < 1.29 is 0 Å². The van der Waals surface area contributed by atoms with E-state index in [1.54, 1.807) is 0 Å². The topological polar surface area (TPSA) is 41.1 Å². The molecular weight excluding hydrogens is 220 g/mol. The highest BCUT2D eigenvalue weighted by Crippen LogP contribution is 2.26. The zero-order valence-corrected chi connectivity index (χ0v) is 10.6. The minimum Gasteiger partial charge on any atom is -0.370 e. The van der Waals surface area contributed by atoms with E-state index in [2.05, 4.69) is 34.2 Å². The Kier molecular flexibility index (Phi) is 4.01. The highest BCUT2D eigenvalue weighted by molar-refractivity contribution is 7.99. The number of hydrogen-bond acceptors (Lipinski definition) is 5. The van der Waals surface area contributed by atoms with Crippen LogP contribution in [-0.2, 0) is 0 Å². The summed E-state index contributed by atoms with van der Waals surface area (Å²) in [6, 6.07) is 2.28. The zero-order valence-electron chi connectivity index (χ0n) is 9.81. The van der Waals surface area contributed by atoms with Gasteiger partial charge in [-0.15, -0.1) is 0 Å². The lowest BCUT2D eigenvalue weighted by molar-refractivity contribution is 0.264. The monoisotopic (exact) mass is 238 g/mol. The van der Waals surface area contributed by atoms with Crippen LogP contribution in [0.4, 0.5) is 5.82 Å². The summed E-state index contributed by atoms with van der Waals surface area (Å²) in [4.78, 5) is 11.3. The zero-order chi connectivity index (χ0) is 11.4. The van der Waals surface area contributed by atoms with Crippen molar-refractivity contribution >= 4 is 17.6 Å². The lowest BCUT2D eigenvalue weighted by Crippen LogP contribution is -2.33. The molecule has 0 radical (unpaired) electrons. The Bertz CT molecular complexity index is 345. The van der Waals surface area contributed by atoms with Gasteiger partial charge in [0.2, 0.25) is 0 Å². The van der Waals surface area contributed by atoms with Crippen LogP contribution in [0.5, 0.6) is 0 Å². The van der Waals surface area contributed by atoms with Crippen molar-refractivity contribution in [2.45, 2.75) is 13.0 Å². The lowest BCUT2D eigenvalue weighted by atomic mass is 10.2. The van der Waals surface area contributed by atoms with Crippen LogP contribution in [0.3, 0.4) is 0 Å². The number of anilines is 1. The lowest BCUT2D eigenvalue weighted by Gasteiger charge is -2.30. The second-order valence-electron chi connectivity index (χ2n) is 3.90. The summed E-state index contributed by atoms with van der Waals surface area (Å²) < 4.78 is 0. The van der Waals surface area contributed by atoms with E-state index in [1.807, 2.05) is 24.0 Å². The molecule has 1 fully saturated rings. The van der Waals surface area contributed by atoms with Crippen LogP contribution in [0.2, 0.25) is 0 Å². The normalized spacial score (nSPS) is 22.0. The third-order valence-electron chi connectivity index (χ3n) is 2.73. The Morgan fingerprint density at radius 2 is 2.50 bits per heavy atom. The first-order valence-corrected chi connectivity index (χ1v) is 6.81. The van der Waals surface area contributed by atoms with Crippen LogP contribution < -0.4 is 5.32 Å². The molecule has 0 aromatic carbocycles. The van der Waals surface area contributed by atoms with Crippen LogP contribution >= 0.6 is 11.8 Å². The molecule has 0 saturated carbocycles. The molecule has 1 saturated heterocycles. The molecular formula is C11H18N4S. The van der Waals surface area contributed by atoms with E-state index >= 15 is 0 Å². The fourth-order valence-electron chi connectivity index (χ4n) is 1.77. The Morgan fingerprint density at radius 3 is 3.25 bits per heavy atom. The van der Waals surface area contributed by atoms with Crippen molar-refractivity contribution in [1.29, 1.82) is 0 Å². The highest BCUT2D eigenvalue weighted by Gasteiger charge is 2.23. The fraction of sp³-hybridized carbons (Fsp3) is 0.636.